The van der Waals surface area contributed by atoms with E-state index in [1.54, 1.807) is 30.3 Å². The zero-order valence-electron chi connectivity index (χ0n) is 15.0. The van der Waals surface area contributed by atoms with Crippen molar-refractivity contribution in [2.45, 2.75) is 26.2 Å². The molecular formula is C24H19F3. The molecule has 0 saturated heterocycles. The van der Waals surface area contributed by atoms with Crippen LogP contribution < -0.4 is 0 Å². The molecule has 3 aromatic rings. The summed E-state index contributed by atoms with van der Waals surface area (Å²) in [5.41, 5.74) is 3.44. The lowest BCUT2D eigenvalue weighted by molar-refractivity contribution is 0.508. The zero-order chi connectivity index (χ0) is 19.2. The van der Waals surface area contributed by atoms with Gasteiger partial charge in [-0.3, -0.25) is 0 Å². The molecular weight excluding hydrogens is 345 g/mol. The van der Waals surface area contributed by atoms with E-state index in [9.17, 15) is 13.2 Å². The minimum atomic E-state index is -0.921. The molecule has 27 heavy (non-hydrogen) atoms. The van der Waals surface area contributed by atoms with Crippen LogP contribution >= 0.6 is 0 Å². The molecule has 0 aliphatic carbocycles. The van der Waals surface area contributed by atoms with Gasteiger partial charge in [0, 0.05) is 16.7 Å². The molecule has 0 aromatic heterocycles. The van der Waals surface area contributed by atoms with Gasteiger partial charge in [-0.05, 0) is 60.4 Å². The molecule has 136 valence electrons. The molecule has 0 spiro atoms. The van der Waals surface area contributed by atoms with Crippen LogP contribution in [0.5, 0.6) is 0 Å². The maximum atomic E-state index is 14.4. The van der Waals surface area contributed by atoms with Crippen molar-refractivity contribution in [3.63, 3.8) is 0 Å². The quantitative estimate of drug-likeness (QED) is 0.463. The Morgan fingerprint density at radius 2 is 1.41 bits per heavy atom. The largest absolute Gasteiger partial charge is 0.206 e. The molecule has 3 rings (SSSR count). The van der Waals surface area contributed by atoms with E-state index >= 15 is 0 Å². The molecule has 0 N–H and O–H groups in total. The average molecular weight is 364 g/mol. The van der Waals surface area contributed by atoms with Crippen molar-refractivity contribution >= 4 is 0 Å². The first kappa shape index (κ1) is 18.8. The fourth-order valence-corrected chi connectivity index (χ4v) is 2.78. The van der Waals surface area contributed by atoms with E-state index in [0.717, 1.165) is 42.5 Å². The molecule has 0 nitrogen and oxygen atoms in total. The van der Waals surface area contributed by atoms with Crippen molar-refractivity contribution in [3.8, 4) is 23.0 Å². The van der Waals surface area contributed by atoms with Crippen LogP contribution in [0.25, 0.3) is 11.1 Å². The van der Waals surface area contributed by atoms with Crippen LogP contribution in [0.4, 0.5) is 13.2 Å². The lowest BCUT2D eigenvalue weighted by atomic mass is 10.00. The Morgan fingerprint density at radius 1 is 0.704 bits per heavy atom. The first-order valence-electron chi connectivity index (χ1n) is 8.93. The third kappa shape index (κ3) is 4.80. The number of unbranched alkanes of at least 4 members (excludes halogenated alkanes) is 1. The fraction of sp³-hybridized carbons (Fsp3) is 0.167. The topological polar surface area (TPSA) is 0 Å². The molecule has 0 bridgehead atoms. The lowest BCUT2D eigenvalue weighted by Gasteiger charge is -2.06. The number of rotatable bonds is 4. The predicted octanol–water partition coefficient (Wildman–Crippen LogP) is 6.51. The summed E-state index contributed by atoms with van der Waals surface area (Å²) in [6, 6.07) is 16.1. The third-order valence-corrected chi connectivity index (χ3v) is 4.32. The second kappa shape index (κ2) is 8.60. The van der Waals surface area contributed by atoms with E-state index in [0.29, 0.717) is 16.7 Å². The second-order valence-corrected chi connectivity index (χ2v) is 6.37. The van der Waals surface area contributed by atoms with Crippen molar-refractivity contribution < 1.29 is 13.2 Å². The maximum absolute atomic E-state index is 14.4. The summed E-state index contributed by atoms with van der Waals surface area (Å²) in [7, 11) is 0. The van der Waals surface area contributed by atoms with Crippen molar-refractivity contribution in [2.75, 3.05) is 0 Å². The molecule has 0 aliphatic heterocycles. The van der Waals surface area contributed by atoms with E-state index in [1.807, 2.05) is 12.1 Å². The molecule has 0 amide bonds. The summed E-state index contributed by atoms with van der Waals surface area (Å²) in [6.45, 7) is 2.11. The lowest BCUT2D eigenvalue weighted by Crippen LogP contribution is -1.90. The van der Waals surface area contributed by atoms with E-state index in [4.69, 9.17) is 0 Å². The van der Waals surface area contributed by atoms with Gasteiger partial charge < -0.3 is 0 Å². The van der Waals surface area contributed by atoms with Crippen molar-refractivity contribution in [1.82, 2.24) is 0 Å². The third-order valence-electron chi connectivity index (χ3n) is 4.32. The molecule has 0 aliphatic rings. The Labute approximate surface area is 157 Å². The van der Waals surface area contributed by atoms with Crippen LogP contribution in [0.3, 0.4) is 0 Å². The van der Waals surface area contributed by atoms with Crippen molar-refractivity contribution in [3.05, 3.63) is 94.8 Å². The summed E-state index contributed by atoms with van der Waals surface area (Å²) in [6.07, 6.45) is 3.01. The minimum Gasteiger partial charge on any atom is -0.206 e. The smallest absolute Gasteiger partial charge is 0.160 e. The van der Waals surface area contributed by atoms with Gasteiger partial charge >= 0.3 is 0 Å². The highest BCUT2D eigenvalue weighted by Crippen LogP contribution is 2.24. The predicted molar refractivity (Wildman–Crippen MR) is 103 cm³/mol. The first-order valence-corrected chi connectivity index (χ1v) is 8.93. The molecule has 0 heterocycles. The number of hydrogen-bond acceptors (Lipinski definition) is 0. The highest BCUT2D eigenvalue weighted by Gasteiger charge is 2.06. The Morgan fingerprint density at radius 3 is 2.07 bits per heavy atom. The Bertz CT molecular complexity index is 992. The van der Waals surface area contributed by atoms with Gasteiger partial charge in [-0.1, -0.05) is 49.5 Å². The van der Waals surface area contributed by atoms with Gasteiger partial charge in [0.05, 0.1) is 0 Å². The number of halogens is 3. The molecule has 3 heteroatoms. The van der Waals surface area contributed by atoms with E-state index in [1.165, 1.54) is 6.07 Å². The second-order valence-electron chi connectivity index (χ2n) is 6.37. The highest BCUT2D eigenvalue weighted by molar-refractivity contribution is 5.65. The summed E-state index contributed by atoms with van der Waals surface area (Å²) < 4.78 is 40.5. The van der Waals surface area contributed by atoms with Gasteiger partial charge in [0.2, 0.25) is 0 Å². The summed E-state index contributed by atoms with van der Waals surface area (Å²) in [5, 5.41) is 0. The Balaban J connectivity index is 1.78. The van der Waals surface area contributed by atoms with E-state index in [-0.39, 0.29) is 5.82 Å². The molecule has 0 saturated carbocycles. The van der Waals surface area contributed by atoms with Crippen LogP contribution in [0, 0.1) is 29.3 Å². The van der Waals surface area contributed by atoms with E-state index < -0.39 is 11.6 Å². The normalized spacial score (nSPS) is 10.4. The Hall–Kier alpha value is -2.99. The van der Waals surface area contributed by atoms with Gasteiger partial charge in [-0.15, -0.1) is 0 Å². The number of aryl methyl sites for hydroxylation is 1. The summed E-state index contributed by atoms with van der Waals surface area (Å²) in [4.78, 5) is 0. The van der Waals surface area contributed by atoms with Crippen LogP contribution in [-0.4, -0.2) is 0 Å². The van der Waals surface area contributed by atoms with E-state index in [2.05, 4.69) is 18.8 Å². The number of hydrogen-bond donors (Lipinski definition) is 0. The van der Waals surface area contributed by atoms with Crippen molar-refractivity contribution in [2.24, 2.45) is 0 Å². The molecule has 0 unspecified atom stereocenters. The minimum absolute atomic E-state index is 0.232. The van der Waals surface area contributed by atoms with Gasteiger partial charge in [0.15, 0.2) is 11.6 Å². The SMILES string of the molecule is CCCCc1ccc(-c2ccc(C#Cc3ccc(F)c(F)c3)cc2)c(F)c1. The first-order chi connectivity index (χ1) is 13.1. The highest BCUT2D eigenvalue weighted by atomic mass is 19.2. The molecule has 0 atom stereocenters. The van der Waals surface area contributed by atoms with Crippen LogP contribution in [0.1, 0.15) is 36.5 Å². The summed E-state index contributed by atoms with van der Waals surface area (Å²) in [5.74, 6) is 3.65. The van der Waals surface area contributed by atoms with Crippen molar-refractivity contribution in [1.29, 1.82) is 0 Å². The van der Waals surface area contributed by atoms with Gasteiger partial charge in [0.1, 0.15) is 5.82 Å². The average Bonchev–Trinajstić information content (AvgIpc) is 2.68. The Kier molecular flexibility index (Phi) is 5.98. The standard InChI is InChI=1S/C24H19F3/c1-2-3-4-18-9-13-21(23(26)15-18)20-11-7-17(8-12-20)5-6-19-10-14-22(25)24(27)16-19/h7-16H,2-4H2,1H3. The van der Waals surface area contributed by atoms with Crippen LogP contribution in [0.2, 0.25) is 0 Å². The molecule has 0 fully saturated rings. The molecule has 3 aromatic carbocycles. The maximum Gasteiger partial charge on any atom is 0.160 e. The van der Waals surface area contributed by atoms with Gasteiger partial charge in [-0.25, -0.2) is 13.2 Å². The molecule has 0 radical (unpaired) electrons. The number of benzene rings is 3. The van der Waals surface area contributed by atoms with Crippen LogP contribution in [0.15, 0.2) is 60.7 Å². The van der Waals surface area contributed by atoms with Crippen LogP contribution in [-0.2, 0) is 6.42 Å². The van der Waals surface area contributed by atoms with Gasteiger partial charge in [-0.2, -0.15) is 0 Å². The summed E-state index contributed by atoms with van der Waals surface area (Å²) >= 11 is 0. The van der Waals surface area contributed by atoms with Gasteiger partial charge in [0.25, 0.3) is 0 Å². The zero-order valence-corrected chi connectivity index (χ0v) is 15.0. The fourth-order valence-electron chi connectivity index (χ4n) is 2.78. The monoisotopic (exact) mass is 364 g/mol.